The second-order valence-electron chi connectivity index (χ2n) is 5.05. The molecule has 0 atom stereocenters. The smallest absolute Gasteiger partial charge is 0.150 e. The summed E-state index contributed by atoms with van der Waals surface area (Å²) in [5.41, 5.74) is 14.7. The normalized spacial score (nSPS) is 11.4. The van der Waals surface area contributed by atoms with Crippen molar-refractivity contribution in [3.63, 3.8) is 0 Å². The first kappa shape index (κ1) is 15.4. The molecule has 5 heteroatoms. The lowest BCUT2D eigenvalue weighted by atomic mass is 10.1. The van der Waals surface area contributed by atoms with Crippen LogP contribution in [0, 0.1) is 0 Å². The summed E-state index contributed by atoms with van der Waals surface area (Å²) in [5, 5.41) is 0. The molecular weight excluding hydrogens is 284 g/mol. The first-order valence-corrected chi connectivity index (χ1v) is 8.67. The zero-order valence-corrected chi connectivity index (χ0v) is 12.6. The molecule has 0 unspecified atom stereocenters. The van der Waals surface area contributed by atoms with E-state index < -0.39 is 9.84 Å². The van der Waals surface area contributed by atoms with Gasteiger partial charge in [-0.25, -0.2) is 8.42 Å². The lowest BCUT2D eigenvalue weighted by Gasteiger charge is -2.08. The summed E-state index contributed by atoms with van der Waals surface area (Å²) in [6.07, 6.45) is 0.887. The summed E-state index contributed by atoms with van der Waals surface area (Å²) in [6, 6.07) is 14.7. The molecule has 2 aromatic rings. The number of hydrogen-bond donors (Lipinski definition) is 2. The van der Waals surface area contributed by atoms with Crippen LogP contribution >= 0.6 is 0 Å². The molecule has 0 fully saturated rings. The predicted octanol–water partition coefficient (Wildman–Crippen LogP) is 2.05. The number of sulfone groups is 1. The second kappa shape index (κ2) is 6.63. The van der Waals surface area contributed by atoms with Gasteiger partial charge in [0.15, 0.2) is 9.84 Å². The Morgan fingerprint density at radius 3 is 1.48 bits per heavy atom. The molecule has 0 spiro atoms. The van der Waals surface area contributed by atoms with Crippen LogP contribution < -0.4 is 11.5 Å². The summed E-state index contributed by atoms with van der Waals surface area (Å²) in [5.74, 6) is 0.210. The van der Waals surface area contributed by atoms with E-state index in [1.54, 1.807) is 12.1 Å². The van der Waals surface area contributed by atoms with Gasteiger partial charge in [-0.15, -0.1) is 0 Å². The van der Waals surface area contributed by atoms with Crippen LogP contribution in [0.1, 0.15) is 11.1 Å². The minimum absolute atomic E-state index is 0.105. The molecule has 0 bridgehead atoms. The van der Waals surface area contributed by atoms with Gasteiger partial charge < -0.3 is 11.5 Å². The molecule has 4 N–H and O–H groups in total. The van der Waals surface area contributed by atoms with Crippen molar-refractivity contribution in [3.8, 4) is 0 Å². The monoisotopic (exact) mass is 304 g/mol. The van der Waals surface area contributed by atoms with E-state index >= 15 is 0 Å². The average molecular weight is 304 g/mol. The van der Waals surface area contributed by atoms with Gasteiger partial charge in [0.25, 0.3) is 0 Å². The van der Waals surface area contributed by atoms with Gasteiger partial charge in [0, 0.05) is 11.4 Å². The average Bonchev–Trinajstić information content (AvgIpc) is 2.46. The highest BCUT2D eigenvalue weighted by atomic mass is 32.2. The Morgan fingerprint density at radius 1 is 0.714 bits per heavy atom. The maximum absolute atomic E-state index is 12.1. The Balaban J connectivity index is 1.94. The highest BCUT2D eigenvalue weighted by molar-refractivity contribution is 7.91. The highest BCUT2D eigenvalue weighted by Crippen LogP contribution is 2.14. The third kappa shape index (κ3) is 4.49. The topological polar surface area (TPSA) is 86.2 Å². The molecule has 4 nitrogen and oxygen atoms in total. The lowest BCUT2D eigenvalue weighted by Crippen LogP contribution is -2.15. The molecule has 0 aliphatic heterocycles. The number of rotatable bonds is 6. The zero-order chi connectivity index (χ0) is 15.3. The molecule has 0 aromatic heterocycles. The van der Waals surface area contributed by atoms with Gasteiger partial charge >= 0.3 is 0 Å². The first-order chi connectivity index (χ1) is 9.98. The van der Waals surface area contributed by atoms with Gasteiger partial charge in [0.05, 0.1) is 11.5 Å². The number of benzene rings is 2. The van der Waals surface area contributed by atoms with Crippen LogP contribution in [0.15, 0.2) is 48.5 Å². The number of nitrogens with two attached hydrogens (primary N) is 2. The molecule has 0 saturated carbocycles. The van der Waals surface area contributed by atoms with Gasteiger partial charge in [-0.2, -0.15) is 0 Å². The van der Waals surface area contributed by atoms with Gasteiger partial charge in [0.1, 0.15) is 0 Å². The summed E-state index contributed by atoms with van der Waals surface area (Å²) < 4.78 is 24.2. The van der Waals surface area contributed by atoms with E-state index in [0.29, 0.717) is 24.2 Å². The van der Waals surface area contributed by atoms with Crippen LogP contribution in [0.25, 0.3) is 0 Å². The summed E-state index contributed by atoms with van der Waals surface area (Å²) >= 11 is 0. The molecule has 0 saturated heterocycles. The number of hydrogen-bond acceptors (Lipinski definition) is 4. The zero-order valence-electron chi connectivity index (χ0n) is 11.8. The molecule has 2 aromatic carbocycles. The van der Waals surface area contributed by atoms with Crippen molar-refractivity contribution in [2.45, 2.75) is 12.8 Å². The molecule has 21 heavy (non-hydrogen) atoms. The number of nitrogen functional groups attached to an aromatic ring is 2. The lowest BCUT2D eigenvalue weighted by molar-refractivity contribution is 0.594. The van der Waals surface area contributed by atoms with Gasteiger partial charge in [-0.1, -0.05) is 36.4 Å². The van der Waals surface area contributed by atoms with E-state index in [-0.39, 0.29) is 11.5 Å². The standard InChI is InChI=1S/C16H20N2O2S/c17-15-7-3-1-5-13(15)9-11-21(19,20)12-10-14-6-2-4-8-16(14)18/h1-8H,9-12,17-18H2. The van der Waals surface area contributed by atoms with Gasteiger partial charge in [0.2, 0.25) is 0 Å². The molecular formula is C16H20N2O2S. The summed E-state index contributed by atoms with van der Waals surface area (Å²) in [6.45, 7) is 0. The molecule has 0 heterocycles. The molecule has 112 valence electrons. The van der Waals surface area contributed by atoms with Crippen LogP contribution in [-0.4, -0.2) is 19.9 Å². The van der Waals surface area contributed by atoms with Crippen molar-refractivity contribution in [2.24, 2.45) is 0 Å². The number of para-hydroxylation sites is 2. The Morgan fingerprint density at radius 2 is 1.10 bits per heavy atom. The molecule has 0 radical (unpaired) electrons. The van der Waals surface area contributed by atoms with Crippen molar-refractivity contribution < 1.29 is 8.42 Å². The van der Waals surface area contributed by atoms with Gasteiger partial charge in [-0.05, 0) is 36.1 Å². The SMILES string of the molecule is Nc1ccccc1CCS(=O)(=O)CCc1ccccc1N. The minimum atomic E-state index is -3.12. The first-order valence-electron chi connectivity index (χ1n) is 6.85. The van der Waals surface area contributed by atoms with E-state index in [1.807, 2.05) is 36.4 Å². The highest BCUT2D eigenvalue weighted by Gasteiger charge is 2.13. The quantitative estimate of drug-likeness (QED) is 0.800. The van der Waals surface area contributed by atoms with Crippen molar-refractivity contribution in [2.75, 3.05) is 23.0 Å². The fraction of sp³-hybridized carbons (Fsp3) is 0.250. The van der Waals surface area contributed by atoms with Crippen LogP contribution in [0.2, 0.25) is 0 Å². The van der Waals surface area contributed by atoms with E-state index in [0.717, 1.165) is 11.1 Å². The molecule has 0 aliphatic carbocycles. The maximum atomic E-state index is 12.1. The van der Waals surface area contributed by atoms with E-state index in [4.69, 9.17) is 11.5 Å². The van der Waals surface area contributed by atoms with Crippen LogP contribution in [0.3, 0.4) is 0 Å². The van der Waals surface area contributed by atoms with Crippen molar-refractivity contribution in [1.29, 1.82) is 0 Å². The number of aryl methyl sites for hydroxylation is 2. The van der Waals surface area contributed by atoms with Crippen molar-refractivity contribution in [1.82, 2.24) is 0 Å². The summed E-state index contributed by atoms with van der Waals surface area (Å²) in [4.78, 5) is 0. The maximum Gasteiger partial charge on any atom is 0.150 e. The third-order valence-electron chi connectivity index (χ3n) is 3.47. The summed E-state index contributed by atoms with van der Waals surface area (Å²) in [7, 11) is -3.12. The Kier molecular flexibility index (Phi) is 4.85. The number of anilines is 2. The van der Waals surface area contributed by atoms with Crippen LogP contribution in [-0.2, 0) is 22.7 Å². The minimum Gasteiger partial charge on any atom is -0.399 e. The Hall–Kier alpha value is -2.01. The van der Waals surface area contributed by atoms with Crippen LogP contribution in [0.4, 0.5) is 11.4 Å². The molecule has 0 aliphatic rings. The fourth-order valence-electron chi connectivity index (χ4n) is 2.16. The van der Waals surface area contributed by atoms with E-state index in [9.17, 15) is 8.42 Å². The Labute approximate surface area is 125 Å². The predicted molar refractivity (Wildman–Crippen MR) is 87.8 cm³/mol. The third-order valence-corrected chi connectivity index (χ3v) is 5.13. The van der Waals surface area contributed by atoms with Gasteiger partial charge in [-0.3, -0.25) is 0 Å². The second-order valence-corrected chi connectivity index (χ2v) is 7.35. The Bertz CT molecular complexity index is 656. The van der Waals surface area contributed by atoms with Crippen molar-refractivity contribution >= 4 is 21.2 Å². The fourth-order valence-corrected chi connectivity index (χ4v) is 3.42. The molecule has 2 rings (SSSR count). The van der Waals surface area contributed by atoms with E-state index in [2.05, 4.69) is 0 Å². The van der Waals surface area contributed by atoms with Crippen LogP contribution in [0.5, 0.6) is 0 Å². The molecule has 0 amide bonds. The van der Waals surface area contributed by atoms with E-state index in [1.165, 1.54) is 0 Å². The van der Waals surface area contributed by atoms with Crippen molar-refractivity contribution in [3.05, 3.63) is 59.7 Å². The largest absolute Gasteiger partial charge is 0.399 e.